The van der Waals surface area contributed by atoms with Crippen molar-refractivity contribution in [1.29, 1.82) is 0 Å². The first-order chi connectivity index (χ1) is 16.6. The second-order valence-electron chi connectivity index (χ2n) is 8.43. The zero-order valence-electron chi connectivity index (χ0n) is 18.9. The van der Waals surface area contributed by atoms with Gasteiger partial charge in [-0.3, -0.25) is 9.36 Å². The van der Waals surface area contributed by atoms with Gasteiger partial charge in [-0.25, -0.2) is 4.21 Å². The van der Waals surface area contributed by atoms with Crippen LogP contribution in [0.1, 0.15) is 33.8 Å². The summed E-state index contributed by atoms with van der Waals surface area (Å²) in [7, 11) is -1.44. The first-order valence-corrected chi connectivity index (χ1v) is 12.5. The van der Waals surface area contributed by atoms with Crippen molar-refractivity contribution in [1.82, 2.24) is 4.57 Å². The molecule has 5 rings (SSSR count). The van der Waals surface area contributed by atoms with Gasteiger partial charge in [0.25, 0.3) is 0 Å². The molecule has 0 bridgehead atoms. The van der Waals surface area contributed by atoms with Gasteiger partial charge in [0.05, 0.1) is 0 Å². The Morgan fingerprint density at radius 3 is 2.29 bits per heavy atom. The molecule has 0 radical (unpaired) electrons. The van der Waals surface area contributed by atoms with Crippen LogP contribution in [0.3, 0.4) is 0 Å². The van der Waals surface area contributed by atoms with E-state index in [0.29, 0.717) is 9.92 Å². The molecule has 0 saturated heterocycles. The summed E-state index contributed by atoms with van der Waals surface area (Å²) in [4.78, 5) is 14.3. The molecule has 34 heavy (non-hydrogen) atoms. The summed E-state index contributed by atoms with van der Waals surface area (Å²) in [5.74, 6) is -0.204. The molecule has 0 fully saturated rings. The molecule has 1 aromatic heterocycles. The third-order valence-corrected chi connectivity index (χ3v) is 7.60. The van der Waals surface area contributed by atoms with Gasteiger partial charge in [0.2, 0.25) is 5.91 Å². The molecule has 2 atom stereocenters. The number of aromatic nitrogens is 1. The molecule has 1 heterocycles. The Hall–Kier alpha value is -3.76. The number of carbonyl (C=O) groups excluding carboxylic acids is 1. The highest BCUT2D eigenvalue weighted by molar-refractivity contribution is 7.85. The molecule has 0 spiro atoms. The van der Waals surface area contributed by atoms with E-state index >= 15 is 0 Å². The molecule has 0 aliphatic heterocycles. The lowest BCUT2D eigenvalue weighted by molar-refractivity contribution is 0.0888. The van der Waals surface area contributed by atoms with E-state index in [1.165, 1.54) is 0 Å². The van der Waals surface area contributed by atoms with E-state index in [1.54, 1.807) is 22.9 Å². The lowest BCUT2D eigenvalue weighted by atomic mass is 9.85. The third-order valence-electron chi connectivity index (χ3n) is 6.18. The molecule has 0 saturated carbocycles. The quantitative estimate of drug-likeness (QED) is 0.272. The Morgan fingerprint density at radius 2 is 1.50 bits per heavy atom. The van der Waals surface area contributed by atoms with Crippen molar-refractivity contribution in [3.8, 4) is 0 Å². The fourth-order valence-corrected chi connectivity index (χ4v) is 5.59. The number of rotatable bonds is 6. The minimum absolute atomic E-state index is 0.0813. The van der Waals surface area contributed by atoms with Gasteiger partial charge >= 0.3 is 0 Å². The monoisotopic (exact) mass is 463 g/mol. The fourth-order valence-electron chi connectivity index (χ4n) is 4.42. The van der Waals surface area contributed by atoms with E-state index in [2.05, 4.69) is 36.4 Å². The lowest BCUT2D eigenvalue weighted by Crippen LogP contribution is -2.18. The lowest BCUT2D eigenvalue weighted by Gasteiger charge is -2.20. The summed E-state index contributed by atoms with van der Waals surface area (Å²) in [6, 6.07) is 35.8. The van der Waals surface area contributed by atoms with E-state index in [-0.39, 0.29) is 18.2 Å². The highest BCUT2D eigenvalue weighted by atomic mass is 32.2. The van der Waals surface area contributed by atoms with Crippen molar-refractivity contribution >= 4 is 27.5 Å². The van der Waals surface area contributed by atoms with Gasteiger partial charge in [-0.2, -0.15) is 0 Å². The van der Waals surface area contributed by atoms with Crippen molar-refractivity contribution in [3.05, 3.63) is 132 Å². The Kier molecular flexibility index (Phi) is 6.24. The maximum atomic E-state index is 13.6. The second-order valence-corrected chi connectivity index (χ2v) is 9.85. The first kappa shape index (κ1) is 22.1. The van der Waals surface area contributed by atoms with Gasteiger partial charge in [-0.1, -0.05) is 90.5 Å². The van der Waals surface area contributed by atoms with Crippen LogP contribution >= 0.6 is 0 Å². The Morgan fingerprint density at radius 1 is 0.794 bits per heavy atom. The summed E-state index contributed by atoms with van der Waals surface area (Å²) in [6.45, 7) is 2.00. The van der Waals surface area contributed by atoms with E-state index < -0.39 is 10.8 Å². The molecule has 1 unspecified atom stereocenters. The predicted octanol–water partition coefficient (Wildman–Crippen LogP) is 6.98. The molecule has 4 heteroatoms. The standard InChI is InChI=1S/C30H25NO2S/c1-22-16-18-25(19-17-22)34(33)30-15-8-20-31(30)29(32)21-28(24-9-3-2-4-10-24)27-14-7-12-23-11-5-6-13-26(23)27/h2-20,28H,21H2,1H3/t28-,34?/m1/s1. The van der Waals surface area contributed by atoms with Crippen molar-refractivity contribution < 1.29 is 9.00 Å². The van der Waals surface area contributed by atoms with Crippen LogP contribution < -0.4 is 0 Å². The summed E-state index contributed by atoms with van der Waals surface area (Å²) in [6.07, 6.45) is 1.99. The number of benzene rings is 4. The van der Waals surface area contributed by atoms with Crippen molar-refractivity contribution in [3.63, 3.8) is 0 Å². The van der Waals surface area contributed by atoms with Crippen LogP contribution in [0.2, 0.25) is 0 Å². The number of hydrogen-bond acceptors (Lipinski definition) is 2. The van der Waals surface area contributed by atoms with Crippen LogP contribution in [-0.2, 0) is 10.8 Å². The molecule has 3 nitrogen and oxygen atoms in total. The fraction of sp³-hybridized carbons (Fsp3) is 0.100. The van der Waals surface area contributed by atoms with Gasteiger partial charge in [0.1, 0.15) is 15.8 Å². The maximum Gasteiger partial charge on any atom is 0.232 e. The molecule has 5 aromatic rings. The van der Waals surface area contributed by atoms with E-state index in [4.69, 9.17) is 0 Å². The molecule has 4 aromatic carbocycles. The van der Waals surface area contributed by atoms with Crippen LogP contribution in [0.4, 0.5) is 0 Å². The third kappa shape index (κ3) is 4.37. The average Bonchev–Trinajstić information content (AvgIpc) is 3.38. The maximum absolute atomic E-state index is 13.6. The van der Waals surface area contributed by atoms with Gasteiger partial charge in [-0.15, -0.1) is 0 Å². The van der Waals surface area contributed by atoms with Gasteiger partial charge in [-0.05, 0) is 53.1 Å². The van der Waals surface area contributed by atoms with Crippen LogP contribution in [-0.4, -0.2) is 14.7 Å². The predicted molar refractivity (Wildman–Crippen MR) is 138 cm³/mol. The number of nitrogens with zero attached hydrogens (tertiary/aromatic N) is 1. The molecule has 0 amide bonds. The molecular weight excluding hydrogens is 438 g/mol. The summed E-state index contributed by atoms with van der Waals surface area (Å²) in [5, 5.41) is 2.79. The largest absolute Gasteiger partial charge is 0.279 e. The van der Waals surface area contributed by atoms with Crippen LogP contribution in [0.15, 0.2) is 125 Å². The first-order valence-electron chi connectivity index (χ1n) is 11.3. The molecular formula is C30H25NO2S. The minimum Gasteiger partial charge on any atom is -0.279 e. The summed E-state index contributed by atoms with van der Waals surface area (Å²) in [5.41, 5.74) is 3.31. The summed E-state index contributed by atoms with van der Waals surface area (Å²) < 4.78 is 14.8. The van der Waals surface area contributed by atoms with Gasteiger partial charge < -0.3 is 0 Å². The number of fused-ring (bicyclic) bond motifs is 1. The van der Waals surface area contributed by atoms with Crippen LogP contribution in [0, 0.1) is 6.92 Å². The smallest absolute Gasteiger partial charge is 0.232 e. The Balaban J connectivity index is 1.52. The van der Waals surface area contributed by atoms with Crippen LogP contribution in [0.5, 0.6) is 0 Å². The number of hydrogen-bond donors (Lipinski definition) is 0. The number of carbonyl (C=O) groups is 1. The van der Waals surface area contributed by atoms with E-state index in [0.717, 1.165) is 27.5 Å². The van der Waals surface area contributed by atoms with E-state index in [9.17, 15) is 9.00 Å². The number of aryl methyl sites for hydroxylation is 1. The average molecular weight is 464 g/mol. The normalized spacial score (nSPS) is 13.0. The molecule has 168 valence electrons. The van der Waals surface area contributed by atoms with Crippen LogP contribution in [0.25, 0.3) is 10.8 Å². The Bertz CT molecular complexity index is 1460. The highest BCUT2D eigenvalue weighted by Crippen LogP contribution is 2.34. The zero-order chi connectivity index (χ0) is 23.5. The van der Waals surface area contributed by atoms with Crippen molar-refractivity contribution in [2.24, 2.45) is 0 Å². The molecule has 0 aliphatic rings. The van der Waals surface area contributed by atoms with Crippen molar-refractivity contribution in [2.45, 2.75) is 29.2 Å². The topological polar surface area (TPSA) is 39.1 Å². The second kappa shape index (κ2) is 9.62. The molecule has 0 aliphatic carbocycles. The molecule has 0 N–H and O–H groups in total. The Labute approximate surface area is 202 Å². The zero-order valence-corrected chi connectivity index (χ0v) is 19.7. The van der Waals surface area contributed by atoms with E-state index in [1.807, 2.05) is 67.6 Å². The van der Waals surface area contributed by atoms with Gasteiger partial charge in [0.15, 0.2) is 0 Å². The SMILES string of the molecule is Cc1ccc(S(=O)c2cccn2C(=O)C[C@H](c2ccccc2)c2cccc3ccccc23)cc1. The minimum atomic E-state index is -1.44. The van der Waals surface area contributed by atoms with Crippen molar-refractivity contribution in [2.75, 3.05) is 0 Å². The van der Waals surface area contributed by atoms with Gasteiger partial charge in [0, 0.05) is 23.4 Å². The highest BCUT2D eigenvalue weighted by Gasteiger charge is 2.23. The summed E-state index contributed by atoms with van der Waals surface area (Å²) >= 11 is 0.